The molecular weight excluding hydrogens is 469 g/mol. The van der Waals surface area contributed by atoms with Gasteiger partial charge in [0.1, 0.15) is 17.2 Å². The van der Waals surface area contributed by atoms with Gasteiger partial charge in [-0.3, -0.25) is 4.99 Å². The third kappa shape index (κ3) is 8.69. The maximum absolute atomic E-state index is 5.73. The zero-order chi connectivity index (χ0) is 19.3. The third-order valence-electron chi connectivity index (χ3n) is 4.01. The average molecular weight is 499 g/mol. The summed E-state index contributed by atoms with van der Waals surface area (Å²) in [4.78, 5) is 4.24. The van der Waals surface area contributed by atoms with Gasteiger partial charge in [-0.25, -0.2) is 0 Å². The van der Waals surface area contributed by atoms with Gasteiger partial charge in [-0.1, -0.05) is 18.2 Å². The Morgan fingerprint density at radius 2 is 1.57 bits per heavy atom. The molecule has 6 nitrogen and oxygen atoms in total. The highest BCUT2D eigenvalue weighted by atomic mass is 127. The molecule has 2 rings (SSSR count). The number of ether oxygens (including phenoxy) is 3. The van der Waals surface area contributed by atoms with Gasteiger partial charge in [0.15, 0.2) is 5.96 Å². The number of halogens is 1. The molecule has 0 saturated heterocycles. The zero-order valence-electron chi connectivity index (χ0n) is 16.7. The van der Waals surface area contributed by atoms with Crippen LogP contribution in [0, 0.1) is 0 Å². The summed E-state index contributed by atoms with van der Waals surface area (Å²) in [5.41, 5.74) is 1.26. The summed E-state index contributed by atoms with van der Waals surface area (Å²) in [6, 6.07) is 15.7. The van der Waals surface area contributed by atoms with Crippen molar-refractivity contribution in [2.24, 2.45) is 4.99 Å². The molecule has 0 aliphatic heterocycles. The topological polar surface area (TPSA) is 64.1 Å². The Morgan fingerprint density at radius 1 is 0.893 bits per heavy atom. The number of aliphatic imine (C=N–C) groups is 1. The fraction of sp³-hybridized carbons (Fsp3) is 0.381. The summed E-state index contributed by atoms with van der Waals surface area (Å²) in [6.45, 7) is 2.22. The van der Waals surface area contributed by atoms with E-state index >= 15 is 0 Å². The molecule has 2 aromatic rings. The summed E-state index contributed by atoms with van der Waals surface area (Å²) in [7, 11) is 5.10. The molecule has 0 aliphatic carbocycles. The predicted molar refractivity (Wildman–Crippen MR) is 125 cm³/mol. The van der Waals surface area contributed by atoms with E-state index in [9.17, 15) is 0 Å². The van der Waals surface area contributed by atoms with E-state index in [4.69, 9.17) is 14.2 Å². The van der Waals surface area contributed by atoms with Crippen molar-refractivity contribution in [2.45, 2.75) is 12.8 Å². The first-order valence-corrected chi connectivity index (χ1v) is 9.09. The highest BCUT2D eigenvalue weighted by molar-refractivity contribution is 14.0. The number of nitrogens with one attached hydrogen (secondary N) is 2. The average Bonchev–Trinajstić information content (AvgIpc) is 2.72. The zero-order valence-corrected chi connectivity index (χ0v) is 19.1. The predicted octanol–water partition coefficient (Wildman–Crippen LogP) is 3.50. The van der Waals surface area contributed by atoms with Crippen molar-refractivity contribution < 1.29 is 14.2 Å². The lowest BCUT2D eigenvalue weighted by Crippen LogP contribution is -2.39. The molecule has 28 heavy (non-hydrogen) atoms. The fourth-order valence-electron chi connectivity index (χ4n) is 2.50. The van der Waals surface area contributed by atoms with Gasteiger partial charge in [0.25, 0.3) is 0 Å². The normalized spacial score (nSPS) is 10.6. The number of hydrogen-bond donors (Lipinski definition) is 2. The molecule has 0 radical (unpaired) electrons. The molecule has 154 valence electrons. The van der Waals surface area contributed by atoms with E-state index < -0.39 is 0 Å². The summed E-state index contributed by atoms with van der Waals surface area (Å²) >= 11 is 0. The highest BCUT2D eigenvalue weighted by Gasteiger charge is 2.00. The maximum Gasteiger partial charge on any atom is 0.190 e. The first kappa shape index (κ1) is 23.9. The van der Waals surface area contributed by atoms with Crippen LogP contribution < -0.4 is 24.8 Å². The molecule has 2 N–H and O–H groups in total. The molecule has 7 heteroatoms. The van der Waals surface area contributed by atoms with Crippen LogP contribution >= 0.6 is 24.0 Å². The van der Waals surface area contributed by atoms with Crippen LogP contribution in [0.4, 0.5) is 0 Å². The Hall–Kier alpha value is -2.16. The van der Waals surface area contributed by atoms with Crippen molar-refractivity contribution in [1.82, 2.24) is 10.6 Å². The van der Waals surface area contributed by atoms with Crippen molar-refractivity contribution in [1.29, 1.82) is 0 Å². The number of benzene rings is 2. The van der Waals surface area contributed by atoms with Crippen molar-refractivity contribution in [3.63, 3.8) is 0 Å². The van der Waals surface area contributed by atoms with Gasteiger partial charge in [-0.05, 0) is 42.7 Å². The van der Waals surface area contributed by atoms with Crippen LogP contribution in [0.3, 0.4) is 0 Å². The lowest BCUT2D eigenvalue weighted by atomic mass is 10.1. The molecule has 0 saturated carbocycles. The quantitative estimate of drug-likeness (QED) is 0.227. The lowest BCUT2D eigenvalue weighted by Gasteiger charge is -2.12. The Kier molecular flexibility index (Phi) is 11.9. The Balaban J connectivity index is 0.00000392. The molecule has 0 fully saturated rings. The lowest BCUT2D eigenvalue weighted by molar-refractivity contribution is 0.308. The molecule has 0 unspecified atom stereocenters. The Labute approximate surface area is 184 Å². The van der Waals surface area contributed by atoms with Gasteiger partial charge in [-0.2, -0.15) is 0 Å². The van der Waals surface area contributed by atoms with Crippen molar-refractivity contribution in [3.05, 3.63) is 54.1 Å². The van der Waals surface area contributed by atoms with Crippen molar-refractivity contribution in [2.75, 3.05) is 41.0 Å². The van der Waals surface area contributed by atoms with Crippen LogP contribution in [0.15, 0.2) is 53.5 Å². The molecule has 0 aliphatic rings. The molecule has 2 aromatic carbocycles. The van der Waals surface area contributed by atoms with E-state index in [0.717, 1.165) is 49.1 Å². The van der Waals surface area contributed by atoms with Crippen LogP contribution in [0.5, 0.6) is 17.2 Å². The number of nitrogens with zero attached hydrogens (tertiary/aromatic N) is 1. The molecule has 0 spiro atoms. The van der Waals surface area contributed by atoms with E-state index in [1.807, 2.05) is 36.4 Å². The Morgan fingerprint density at radius 3 is 2.25 bits per heavy atom. The largest absolute Gasteiger partial charge is 0.497 e. The molecular formula is C21H30IN3O3. The second kappa shape index (κ2) is 13.9. The number of methoxy groups -OCH3 is 2. The van der Waals surface area contributed by atoms with E-state index in [-0.39, 0.29) is 24.0 Å². The van der Waals surface area contributed by atoms with Gasteiger partial charge in [-0.15, -0.1) is 24.0 Å². The summed E-state index contributed by atoms with van der Waals surface area (Å²) in [5.74, 6) is 3.29. The van der Waals surface area contributed by atoms with Gasteiger partial charge in [0.05, 0.1) is 20.8 Å². The smallest absolute Gasteiger partial charge is 0.190 e. The van der Waals surface area contributed by atoms with Gasteiger partial charge >= 0.3 is 0 Å². The minimum absolute atomic E-state index is 0. The van der Waals surface area contributed by atoms with E-state index in [1.165, 1.54) is 5.56 Å². The summed E-state index contributed by atoms with van der Waals surface area (Å²) < 4.78 is 16.1. The monoisotopic (exact) mass is 499 g/mol. The number of rotatable bonds is 10. The first-order chi connectivity index (χ1) is 13.2. The van der Waals surface area contributed by atoms with E-state index in [2.05, 4.69) is 27.8 Å². The van der Waals surface area contributed by atoms with Crippen molar-refractivity contribution in [3.8, 4) is 17.2 Å². The minimum Gasteiger partial charge on any atom is -0.497 e. The van der Waals surface area contributed by atoms with E-state index in [1.54, 1.807) is 21.3 Å². The first-order valence-electron chi connectivity index (χ1n) is 9.09. The van der Waals surface area contributed by atoms with Crippen LogP contribution in [-0.2, 0) is 6.42 Å². The fourth-order valence-corrected chi connectivity index (χ4v) is 2.50. The molecule has 0 bridgehead atoms. The highest BCUT2D eigenvalue weighted by Crippen LogP contribution is 2.18. The second-order valence-corrected chi connectivity index (χ2v) is 5.90. The maximum atomic E-state index is 5.73. The second-order valence-electron chi connectivity index (χ2n) is 5.90. The standard InChI is InChI=1S/C21H29N3O3.HI/c1-22-21(24-14-12-17-8-10-18(25-2)11-9-17)23-13-5-15-27-20-7-4-6-19(16-20)26-3;/h4,6-11,16H,5,12-15H2,1-3H3,(H2,22,23,24);1H. The Bertz CT molecular complexity index is 708. The molecule has 0 amide bonds. The molecule has 0 heterocycles. The van der Waals surface area contributed by atoms with Crippen LogP contribution in [0.25, 0.3) is 0 Å². The molecule has 0 aromatic heterocycles. The van der Waals surface area contributed by atoms with Gasteiger partial charge in [0.2, 0.25) is 0 Å². The van der Waals surface area contributed by atoms with Gasteiger partial charge in [0, 0.05) is 26.2 Å². The third-order valence-corrected chi connectivity index (χ3v) is 4.01. The molecule has 0 atom stereocenters. The number of guanidine groups is 1. The number of hydrogen-bond acceptors (Lipinski definition) is 4. The minimum atomic E-state index is 0. The van der Waals surface area contributed by atoms with Crippen LogP contribution in [0.1, 0.15) is 12.0 Å². The SMILES string of the molecule is CN=C(NCCCOc1cccc(OC)c1)NCCc1ccc(OC)cc1.I. The van der Waals surface area contributed by atoms with Crippen LogP contribution in [-0.4, -0.2) is 46.9 Å². The summed E-state index contributed by atoms with van der Waals surface area (Å²) in [5, 5.41) is 6.62. The van der Waals surface area contributed by atoms with Gasteiger partial charge < -0.3 is 24.8 Å². The van der Waals surface area contributed by atoms with E-state index in [0.29, 0.717) is 6.61 Å². The summed E-state index contributed by atoms with van der Waals surface area (Å²) in [6.07, 6.45) is 1.79. The van der Waals surface area contributed by atoms with Crippen molar-refractivity contribution >= 4 is 29.9 Å². The van der Waals surface area contributed by atoms with Crippen LogP contribution in [0.2, 0.25) is 0 Å².